The minimum atomic E-state index is -0.0576. The zero-order valence-electron chi connectivity index (χ0n) is 18.2. The largest absolute Gasteiger partial charge is 0.496 e. The smallest absolute Gasteiger partial charge is 0.213 e. The topological polar surface area (TPSA) is 90.1 Å². The van der Waals surface area contributed by atoms with E-state index in [1.165, 1.54) is 0 Å². The third-order valence-corrected chi connectivity index (χ3v) is 4.13. The number of aliphatic imine (C=N–C) groups is 1. The number of guanidine groups is 1. The molecule has 0 atom stereocenters. The van der Waals surface area contributed by atoms with E-state index >= 15 is 0 Å². The molecule has 2 rings (SSSR count). The van der Waals surface area contributed by atoms with Crippen LogP contribution in [0.3, 0.4) is 0 Å². The molecule has 0 bridgehead atoms. The van der Waals surface area contributed by atoms with Gasteiger partial charge >= 0.3 is 0 Å². The Balaban J connectivity index is 1.71. The summed E-state index contributed by atoms with van der Waals surface area (Å²) in [6, 6.07) is 5.47. The summed E-state index contributed by atoms with van der Waals surface area (Å²) in [7, 11) is 4.96. The summed E-state index contributed by atoms with van der Waals surface area (Å²) in [4.78, 5) is 8.52. The summed E-state index contributed by atoms with van der Waals surface area (Å²) in [5, 5.41) is 6.45. The summed E-state index contributed by atoms with van der Waals surface area (Å²) in [6.07, 6.45) is 2.57. The molecule has 0 aliphatic rings. The van der Waals surface area contributed by atoms with Crippen LogP contribution in [0.15, 0.2) is 33.8 Å². The van der Waals surface area contributed by atoms with E-state index in [1.54, 1.807) is 27.5 Å². The fraction of sp³-hybridized carbons (Fsp3) is 0.524. The van der Waals surface area contributed by atoms with Crippen molar-refractivity contribution in [3.05, 3.63) is 36.0 Å². The van der Waals surface area contributed by atoms with Crippen molar-refractivity contribution in [1.29, 1.82) is 0 Å². The zero-order valence-corrected chi connectivity index (χ0v) is 18.2. The highest BCUT2D eigenvalue weighted by atomic mass is 16.5. The SMILES string of the molecule is CN=C(NCCCOc1cc(OC)cc(OC)c1)NCc1ncc(C(C)(C)C)o1. The van der Waals surface area contributed by atoms with Crippen LogP contribution >= 0.6 is 0 Å². The first-order chi connectivity index (χ1) is 13.9. The molecule has 2 aromatic rings. The second-order valence-corrected chi connectivity index (χ2v) is 7.47. The normalized spacial score (nSPS) is 11.9. The Morgan fingerprint density at radius 1 is 1.07 bits per heavy atom. The number of oxazole rings is 1. The van der Waals surface area contributed by atoms with Crippen molar-refractivity contribution in [2.24, 2.45) is 4.99 Å². The van der Waals surface area contributed by atoms with Crippen LogP contribution in [-0.4, -0.2) is 45.4 Å². The van der Waals surface area contributed by atoms with Crippen LogP contribution in [0.25, 0.3) is 0 Å². The minimum absolute atomic E-state index is 0.0576. The Morgan fingerprint density at radius 3 is 2.28 bits per heavy atom. The molecule has 0 saturated heterocycles. The Morgan fingerprint density at radius 2 is 1.72 bits per heavy atom. The van der Waals surface area contributed by atoms with Crippen molar-refractivity contribution in [3.63, 3.8) is 0 Å². The second kappa shape index (κ2) is 10.6. The third kappa shape index (κ3) is 7.21. The van der Waals surface area contributed by atoms with Gasteiger partial charge in [-0.2, -0.15) is 0 Å². The molecule has 1 aromatic carbocycles. The summed E-state index contributed by atoms with van der Waals surface area (Å²) in [5.74, 6) is 4.29. The predicted octanol–water partition coefficient (Wildman–Crippen LogP) is 3.12. The van der Waals surface area contributed by atoms with Crippen molar-refractivity contribution in [2.75, 3.05) is 34.4 Å². The monoisotopic (exact) mass is 404 g/mol. The molecular formula is C21H32N4O4. The Kier molecular flexibility index (Phi) is 8.18. The van der Waals surface area contributed by atoms with Gasteiger partial charge in [0.2, 0.25) is 5.89 Å². The van der Waals surface area contributed by atoms with Gasteiger partial charge in [-0.1, -0.05) is 20.8 Å². The van der Waals surface area contributed by atoms with Crippen molar-refractivity contribution >= 4 is 5.96 Å². The van der Waals surface area contributed by atoms with Crippen LogP contribution in [0, 0.1) is 0 Å². The highest BCUT2D eigenvalue weighted by Crippen LogP contribution is 2.27. The highest BCUT2D eigenvalue weighted by Gasteiger charge is 2.19. The molecule has 0 amide bonds. The molecule has 0 fully saturated rings. The fourth-order valence-electron chi connectivity index (χ4n) is 2.45. The summed E-state index contributed by atoms with van der Waals surface area (Å²) in [6.45, 7) is 8.00. The maximum atomic E-state index is 5.79. The van der Waals surface area contributed by atoms with E-state index in [9.17, 15) is 0 Å². The van der Waals surface area contributed by atoms with Crippen LogP contribution < -0.4 is 24.8 Å². The van der Waals surface area contributed by atoms with E-state index < -0.39 is 0 Å². The van der Waals surface area contributed by atoms with Crippen molar-refractivity contribution < 1.29 is 18.6 Å². The average molecular weight is 405 g/mol. The summed E-state index contributed by atoms with van der Waals surface area (Å²) >= 11 is 0. The molecule has 0 aliphatic heterocycles. The Labute approximate surface area is 172 Å². The molecule has 0 radical (unpaired) electrons. The van der Waals surface area contributed by atoms with E-state index in [0.29, 0.717) is 48.8 Å². The van der Waals surface area contributed by atoms with Gasteiger partial charge < -0.3 is 29.3 Å². The number of hydrogen-bond acceptors (Lipinski definition) is 6. The Bertz CT molecular complexity index is 774. The summed E-state index contributed by atoms with van der Waals surface area (Å²) in [5.41, 5.74) is -0.0576. The van der Waals surface area contributed by atoms with Crippen LogP contribution in [0.1, 0.15) is 38.8 Å². The molecule has 0 unspecified atom stereocenters. The molecule has 8 heteroatoms. The van der Waals surface area contributed by atoms with Gasteiger partial charge in [-0.15, -0.1) is 0 Å². The van der Waals surface area contributed by atoms with Gasteiger partial charge in [0.15, 0.2) is 5.96 Å². The molecule has 2 N–H and O–H groups in total. The van der Waals surface area contributed by atoms with E-state index in [2.05, 4.69) is 41.4 Å². The van der Waals surface area contributed by atoms with Gasteiger partial charge in [-0.25, -0.2) is 4.98 Å². The lowest BCUT2D eigenvalue weighted by molar-refractivity contribution is 0.305. The fourth-order valence-corrected chi connectivity index (χ4v) is 2.45. The zero-order chi connectivity index (χ0) is 21.3. The van der Waals surface area contributed by atoms with E-state index in [-0.39, 0.29) is 5.41 Å². The molecule has 0 spiro atoms. The maximum Gasteiger partial charge on any atom is 0.213 e. The van der Waals surface area contributed by atoms with Crippen molar-refractivity contribution in [1.82, 2.24) is 15.6 Å². The van der Waals surface area contributed by atoms with E-state index in [0.717, 1.165) is 12.2 Å². The number of nitrogens with one attached hydrogen (secondary N) is 2. The van der Waals surface area contributed by atoms with Gasteiger partial charge in [-0.05, 0) is 6.42 Å². The molecule has 0 saturated carbocycles. The van der Waals surface area contributed by atoms with Gasteiger partial charge in [0.05, 0.1) is 33.6 Å². The molecule has 1 heterocycles. The summed E-state index contributed by atoms with van der Waals surface area (Å²) < 4.78 is 22.1. The molecule has 0 aliphatic carbocycles. The first-order valence-corrected chi connectivity index (χ1v) is 9.61. The second-order valence-electron chi connectivity index (χ2n) is 7.47. The van der Waals surface area contributed by atoms with Gasteiger partial charge in [0, 0.05) is 37.2 Å². The molecule has 29 heavy (non-hydrogen) atoms. The average Bonchev–Trinajstić information content (AvgIpc) is 3.19. The van der Waals surface area contributed by atoms with Crippen LogP contribution in [0.4, 0.5) is 0 Å². The van der Waals surface area contributed by atoms with Crippen LogP contribution in [-0.2, 0) is 12.0 Å². The number of benzene rings is 1. The number of aromatic nitrogens is 1. The molecular weight excluding hydrogens is 372 g/mol. The molecule has 1 aromatic heterocycles. The van der Waals surface area contributed by atoms with E-state index in [1.807, 2.05) is 18.2 Å². The Hall–Kier alpha value is -2.90. The maximum absolute atomic E-state index is 5.79. The van der Waals surface area contributed by atoms with Crippen molar-refractivity contribution in [3.8, 4) is 17.2 Å². The first kappa shape index (κ1) is 22.4. The molecule has 160 valence electrons. The standard InChI is InChI=1S/C21H32N4O4/c1-21(2,3)18-13-24-19(29-18)14-25-20(22-4)23-8-7-9-28-17-11-15(26-5)10-16(12-17)27-6/h10-13H,7-9,14H2,1-6H3,(H2,22,23,25). The number of nitrogens with zero attached hydrogens (tertiary/aromatic N) is 2. The first-order valence-electron chi connectivity index (χ1n) is 9.61. The van der Waals surface area contributed by atoms with Gasteiger partial charge in [0.25, 0.3) is 0 Å². The predicted molar refractivity (Wildman–Crippen MR) is 113 cm³/mol. The van der Waals surface area contributed by atoms with Crippen LogP contribution in [0.2, 0.25) is 0 Å². The van der Waals surface area contributed by atoms with Crippen LogP contribution in [0.5, 0.6) is 17.2 Å². The lowest BCUT2D eigenvalue weighted by Crippen LogP contribution is -2.37. The van der Waals surface area contributed by atoms with Crippen molar-refractivity contribution in [2.45, 2.75) is 39.2 Å². The lowest BCUT2D eigenvalue weighted by atomic mass is 9.94. The third-order valence-electron chi connectivity index (χ3n) is 4.13. The quantitative estimate of drug-likeness (QED) is 0.377. The lowest BCUT2D eigenvalue weighted by Gasteiger charge is -2.13. The number of methoxy groups -OCH3 is 2. The molecule has 8 nitrogen and oxygen atoms in total. The van der Waals surface area contributed by atoms with E-state index in [4.69, 9.17) is 18.6 Å². The number of ether oxygens (including phenoxy) is 3. The van der Waals surface area contributed by atoms with Gasteiger partial charge in [-0.3, -0.25) is 4.99 Å². The van der Waals surface area contributed by atoms with Gasteiger partial charge in [0.1, 0.15) is 23.0 Å². The number of rotatable bonds is 9. The number of hydrogen-bond donors (Lipinski definition) is 2. The highest BCUT2D eigenvalue weighted by molar-refractivity contribution is 5.79. The minimum Gasteiger partial charge on any atom is -0.496 e.